The predicted octanol–water partition coefficient (Wildman–Crippen LogP) is 3.40. The van der Waals surface area contributed by atoms with Gasteiger partial charge in [0.2, 0.25) is 5.91 Å². The van der Waals surface area contributed by atoms with Crippen molar-refractivity contribution in [3.63, 3.8) is 0 Å². The quantitative estimate of drug-likeness (QED) is 0.735. The predicted molar refractivity (Wildman–Crippen MR) is 119 cm³/mol. The number of pyridine rings is 1. The number of carbonyl (C=O) groups excluding carboxylic acids is 1. The molecule has 2 aromatic rings. The SMILES string of the molecule is CCOc1cccc(C(C)NC2CCC(c3ccc(N4CCNC(=O)C4)nc3)C2)c1. The highest BCUT2D eigenvalue weighted by Crippen LogP contribution is 2.35. The standard InChI is InChI=1S/C24H32N4O2/c1-3-30-22-6-4-5-18(14-22)17(2)27-21-9-7-19(13-21)20-8-10-23(26-15-20)28-12-11-25-24(29)16-28/h4-6,8,10,14-15,17,19,21,27H,3,7,9,11-13,16H2,1-2H3,(H,25,29). The maximum Gasteiger partial charge on any atom is 0.239 e. The van der Waals surface area contributed by atoms with Gasteiger partial charge in [0.05, 0.1) is 13.2 Å². The normalized spacial score (nSPS) is 22.6. The summed E-state index contributed by atoms with van der Waals surface area (Å²) in [6.07, 6.45) is 5.48. The molecule has 1 saturated heterocycles. The molecule has 1 aromatic heterocycles. The van der Waals surface area contributed by atoms with E-state index in [1.165, 1.54) is 24.0 Å². The van der Waals surface area contributed by atoms with Crippen LogP contribution in [-0.2, 0) is 4.79 Å². The van der Waals surface area contributed by atoms with Crippen molar-refractivity contribution in [2.45, 2.75) is 51.1 Å². The first kappa shape index (κ1) is 20.7. The third-order valence-corrected chi connectivity index (χ3v) is 6.19. The van der Waals surface area contributed by atoms with E-state index >= 15 is 0 Å². The molecule has 160 valence electrons. The molecule has 2 heterocycles. The zero-order chi connectivity index (χ0) is 20.9. The van der Waals surface area contributed by atoms with Gasteiger partial charge in [0, 0.05) is 31.4 Å². The van der Waals surface area contributed by atoms with Gasteiger partial charge < -0.3 is 20.3 Å². The largest absolute Gasteiger partial charge is 0.494 e. The Balaban J connectivity index is 1.33. The second-order valence-electron chi connectivity index (χ2n) is 8.32. The highest BCUT2D eigenvalue weighted by Gasteiger charge is 2.27. The zero-order valence-corrected chi connectivity index (χ0v) is 17.9. The number of hydrogen-bond donors (Lipinski definition) is 2. The minimum Gasteiger partial charge on any atom is -0.494 e. The van der Waals surface area contributed by atoms with E-state index in [2.05, 4.69) is 52.9 Å². The molecule has 3 unspecified atom stereocenters. The third-order valence-electron chi connectivity index (χ3n) is 6.19. The van der Waals surface area contributed by atoms with Gasteiger partial charge in [0.25, 0.3) is 0 Å². The Morgan fingerprint density at radius 3 is 2.97 bits per heavy atom. The van der Waals surface area contributed by atoms with Gasteiger partial charge in [-0.05, 0) is 68.4 Å². The molecule has 0 bridgehead atoms. The number of anilines is 1. The Morgan fingerprint density at radius 2 is 2.20 bits per heavy atom. The van der Waals surface area contributed by atoms with Crippen molar-refractivity contribution in [3.8, 4) is 5.75 Å². The Kier molecular flexibility index (Phi) is 6.53. The second-order valence-corrected chi connectivity index (χ2v) is 8.32. The molecular formula is C24H32N4O2. The summed E-state index contributed by atoms with van der Waals surface area (Å²) < 4.78 is 5.64. The molecule has 1 aliphatic carbocycles. The number of nitrogens with zero attached hydrogens (tertiary/aromatic N) is 2. The van der Waals surface area contributed by atoms with Crippen LogP contribution in [0.5, 0.6) is 5.75 Å². The van der Waals surface area contributed by atoms with E-state index in [1.807, 2.05) is 24.1 Å². The van der Waals surface area contributed by atoms with Crippen LogP contribution < -0.4 is 20.3 Å². The molecule has 1 aromatic carbocycles. The zero-order valence-electron chi connectivity index (χ0n) is 17.9. The Labute approximate surface area is 179 Å². The number of piperazine rings is 1. The summed E-state index contributed by atoms with van der Waals surface area (Å²) in [4.78, 5) is 18.3. The fraction of sp³-hybridized carbons (Fsp3) is 0.500. The molecule has 6 heteroatoms. The molecule has 0 spiro atoms. The lowest BCUT2D eigenvalue weighted by Crippen LogP contribution is -2.48. The molecule has 6 nitrogen and oxygen atoms in total. The molecule has 0 radical (unpaired) electrons. The maximum atomic E-state index is 11.6. The van der Waals surface area contributed by atoms with E-state index in [9.17, 15) is 4.79 Å². The minimum absolute atomic E-state index is 0.0674. The Hall–Kier alpha value is -2.60. The summed E-state index contributed by atoms with van der Waals surface area (Å²) in [5.74, 6) is 2.43. The molecule has 2 N–H and O–H groups in total. The number of hydrogen-bond acceptors (Lipinski definition) is 5. The highest BCUT2D eigenvalue weighted by molar-refractivity contribution is 5.82. The van der Waals surface area contributed by atoms with Crippen molar-refractivity contribution in [2.24, 2.45) is 0 Å². The third kappa shape index (κ3) is 4.93. The van der Waals surface area contributed by atoms with Gasteiger partial charge in [0.15, 0.2) is 0 Å². The van der Waals surface area contributed by atoms with Crippen molar-refractivity contribution < 1.29 is 9.53 Å². The van der Waals surface area contributed by atoms with Crippen LogP contribution in [0.4, 0.5) is 5.82 Å². The first-order chi connectivity index (χ1) is 14.6. The second kappa shape index (κ2) is 9.47. The summed E-state index contributed by atoms with van der Waals surface area (Å²) in [6, 6.07) is 13.4. The van der Waals surface area contributed by atoms with Crippen molar-refractivity contribution >= 4 is 11.7 Å². The van der Waals surface area contributed by atoms with Crippen molar-refractivity contribution in [3.05, 3.63) is 53.7 Å². The molecule has 1 aliphatic heterocycles. The average molecular weight is 409 g/mol. The van der Waals surface area contributed by atoms with E-state index in [0.717, 1.165) is 24.5 Å². The Morgan fingerprint density at radius 1 is 1.30 bits per heavy atom. The number of ether oxygens (including phenoxy) is 1. The van der Waals surface area contributed by atoms with Gasteiger partial charge in [-0.3, -0.25) is 4.79 Å². The van der Waals surface area contributed by atoms with E-state index in [4.69, 9.17) is 4.74 Å². The summed E-state index contributed by atoms with van der Waals surface area (Å²) in [6.45, 7) is 6.82. The van der Waals surface area contributed by atoms with Gasteiger partial charge in [0.1, 0.15) is 11.6 Å². The van der Waals surface area contributed by atoms with Gasteiger partial charge in [-0.1, -0.05) is 18.2 Å². The van der Waals surface area contributed by atoms with Crippen molar-refractivity contribution in [1.29, 1.82) is 0 Å². The number of rotatable bonds is 7. The first-order valence-electron chi connectivity index (χ1n) is 11.1. The van der Waals surface area contributed by atoms with Gasteiger partial charge in [-0.2, -0.15) is 0 Å². The van der Waals surface area contributed by atoms with E-state index in [1.54, 1.807) is 0 Å². The van der Waals surface area contributed by atoms with E-state index in [0.29, 0.717) is 37.7 Å². The van der Waals surface area contributed by atoms with Crippen LogP contribution in [0, 0.1) is 0 Å². The average Bonchev–Trinajstić information content (AvgIpc) is 3.23. The highest BCUT2D eigenvalue weighted by atomic mass is 16.5. The number of carbonyl (C=O) groups is 1. The lowest BCUT2D eigenvalue weighted by molar-refractivity contribution is -0.120. The van der Waals surface area contributed by atoms with Crippen LogP contribution in [0.1, 0.15) is 56.2 Å². The maximum absolute atomic E-state index is 11.6. The molecule has 30 heavy (non-hydrogen) atoms. The molecule has 1 amide bonds. The van der Waals surface area contributed by atoms with E-state index < -0.39 is 0 Å². The lowest BCUT2D eigenvalue weighted by Gasteiger charge is -2.27. The monoisotopic (exact) mass is 408 g/mol. The number of amides is 1. The van der Waals surface area contributed by atoms with Crippen LogP contribution in [0.15, 0.2) is 42.6 Å². The first-order valence-corrected chi connectivity index (χ1v) is 11.1. The topological polar surface area (TPSA) is 66.5 Å². The van der Waals surface area contributed by atoms with Crippen LogP contribution in [0.2, 0.25) is 0 Å². The summed E-state index contributed by atoms with van der Waals surface area (Å²) in [7, 11) is 0. The van der Waals surface area contributed by atoms with Crippen molar-refractivity contribution in [1.82, 2.24) is 15.6 Å². The van der Waals surface area contributed by atoms with Crippen LogP contribution in [0.25, 0.3) is 0 Å². The number of aromatic nitrogens is 1. The summed E-state index contributed by atoms with van der Waals surface area (Å²) >= 11 is 0. The molecule has 2 fully saturated rings. The van der Waals surface area contributed by atoms with Gasteiger partial charge >= 0.3 is 0 Å². The summed E-state index contributed by atoms with van der Waals surface area (Å²) in [5.41, 5.74) is 2.57. The van der Waals surface area contributed by atoms with Gasteiger partial charge in [-0.25, -0.2) is 4.98 Å². The van der Waals surface area contributed by atoms with Gasteiger partial charge in [-0.15, -0.1) is 0 Å². The molecule has 1 saturated carbocycles. The van der Waals surface area contributed by atoms with Crippen molar-refractivity contribution in [2.75, 3.05) is 31.1 Å². The fourth-order valence-corrected chi connectivity index (χ4v) is 4.59. The molecule has 2 aliphatic rings. The van der Waals surface area contributed by atoms with E-state index in [-0.39, 0.29) is 5.91 Å². The summed E-state index contributed by atoms with van der Waals surface area (Å²) in [5, 5.41) is 6.66. The number of benzene rings is 1. The molecule has 4 rings (SSSR count). The fourth-order valence-electron chi connectivity index (χ4n) is 4.59. The minimum atomic E-state index is 0.0674. The molecular weight excluding hydrogens is 376 g/mol. The molecule has 3 atom stereocenters. The van der Waals surface area contributed by atoms with Crippen LogP contribution in [0.3, 0.4) is 0 Å². The Bertz CT molecular complexity index is 855. The van der Waals surface area contributed by atoms with Crippen LogP contribution >= 0.6 is 0 Å². The van der Waals surface area contributed by atoms with Crippen LogP contribution in [-0.4, -0.2) is 43.2 Å². The smallest absolute Gasteiger partial charge is 0.239 e. The number of nitrogens with one attached hydrogen (secondary N) is 2. The lowest BCUT2D eigenvalue weighted by atomic mass is 9.99.